The summed E-state index contributed by atoms with van der Waals surface area (Å²) in [5.74, 6) is 2.53. The molecule has 0 aliphatic carbocycles. The molecular weight excluding hydrogens is 410 g/mol. The van der Waals surface area contributed by atoms with Gasteiger partial charge in [-0.05, 0) is 19.1 Å². The number of aromatic nitrogens is 4. The summed E-state index contributed by atoms with van der Waals surface area (Å²) >= 11 is 0. The summed E-state index contributed by atoms with van der Waals surface area (Å²) in [6, 6.07) is 7.45. The van der Waals surface area contributed by atoms with Gasteiger partial charge in [-0.3, -0.25) is 9.58 Å². The zero-order valence-corrected chi connectivity index (χ0v) is 18.7. The first-order valence-corrected chi connectivity index (χ1v) is 10.6. The van der Waals surface area contributed by atoms with Gasteiger partial charge in [-0.25, -0.2) is 4.98 Å². The Balaban J connectivity index is 1.41. The molecule has 10 heteroatoms. The van der Waals surface area contributed by atoms with Crippen molar-refractivity contribution in [3.05, 3.63) is 42.4 Å². The monoisotopic (exact) mass is 439 g/mol. The minimum atomic E-state index is 0.493. The molecule has 0 amide bonds. The highest BCUT2D eigenvalue weighted by atomic mass is 16.5. The number of methoxy groups -OCH3 is 2. The van der Waals surface area contributed by atoms with Crippen LogP contribution < -0.4 is 20.1 Å². The Labute approximate surface area is 187 Å². The number of benzene rings is 1. The molecule has 0 radical (unpaired) electrons. The first kappa shape index (κ1) is 21.8. The number of aryl methyl sites for hydroxylation is 1. The van der Waals surface area contributed by atoms with Crippen LogP contribution in [-0.4, -0.2) is 71.7 Å². The minimum absolute atomic E-state index is 0.493. The lowest BCUT2D eigenvalue weighted by atomic mass is 10.2. The fourth-order valence-corrected chi connectivity index (χ4v) is 3.48. The second-order valence-corrected chi connectivity index (χ2v) is 7.48. The largest absolute Gasteiger partial charge is 0.497 e. The molecule has 0 bridgehead atoms. The zero-order chi connectivity index (χ0) is 22.3. The number of hydrogen-bond donors (Lipinski definition) is 2. The molecule has 1 saturated heterocycles. The maximum absolute atomic E-state index is 5.46. The third-order valence-electron chi connectivity index (χ3n) is 5.16. The van der Waals surface area contributed by atoms with Crippen molar-refractivity contribution in [2.75, 3.05) is 57.7 Å². The van der Waals surface area contributed by atoms with Gasteiger partial charge in [-0.2, -0.15) is 10.1 Å². The standard InChI is InChI=1S/C22H29N7O3/c1-16-12-21(26-19-5-4-18(30-2)13-20(19)31-3)27-22(24-16)25-17-14-23-29(15-17)7-6-28-8-10-32-11-9-28/h4-5,12-15H,6-11H2,1-3H3,(H2,24,25,26,27). The molecule has 32 heavy (non-hydrogen) atoms. The second-order valence-electron chi connectivity index (χ2n) is 7.48. The molecule has 170 valence electrons. The van der Waals surface area contributed by atoms with Crippen molar-refractivity contribution >= 4 is 23.1 Å². The highest BCUT2D eigenvalue weighted by molar-refractivity contribution is 5.67. The quantitative estimate of drug-likeness (QED) is 0.521. The van der Waals surface area contributed by atoms with Crippen LogP contribution >= 0.6 is 0 Å². The lowest BCUT2D eigenvalue weighted by molar-refractivity contribution is 0.0360. The molecular formula is C22H29N7O3. The van der Waals surface area contributed by atoms with Crippen LogP contribution in [0.25, 0.3) is 0 Å². The SMILES string of the molecule is COc1ccc(Nc2cc(C)nc(Nc3cnn(CCN4CCOCC4)c3)n2)c(OC)c1. The number of ether oxygens (including phenoxy) is 3. The van der Waals surface area contributed by atoms with Crippen molar-refractivity contribution < 1.29 is 14.2 Å². The topological polar surface area (TPSA) is 98.6 Å². The predicted octanol–water partition coefficient (Wildman–Crippen LogP) is 2.82. The average Bonchev–Trinajstić information content (AvgIpc) is 3.25. The van der Waals surface area contributed by atoms with Crippen LogP contribution in [0.15, 0.2) is 36.7 Å². The normalized spacial score (nSPS) is 14.2. The van der Waals surface area contributed by atoms with Crippen molar-refractivity contribution in [2.45, 2.75) is 13.5 Å². The second kappa shape index (κ2) is 10.3. The van der Waals surface area contributed by atoms with Gasteiger partial charge in [0, 0.05) is 43.7 Å². The molecule has 0 atom stereocenters. The Morgan fingerprint density at radius 1 is 1.03 bits per heavy atom. The van der Waals surface area contributed by atoms with Crippen LogP contribution in [0.4, 0.5) is 23.1 Å². The minimum Gasteiger partial charge on any atom is -0.497 e. The molecule has 3 aromatic rings. The lowest BCUT2D eigenvalue weighted by Gasteiger charge is -2.26. The van der Waals surface area contributed by atoms with Gasteiger partial charge >= 0.3 is 0 Å². The predicted molar refractivity (Wildman–Crippen MR) is 122 cm³/mol. The maximum Gasteiger partial charge on any atom is 0.229 e. The first-order valence-electron chi connectivity index (χ1n) is 10.6. The number of morpholine rings is 1. The lowest BCUT2D eigenvalue weighted by Crippen LogP contribution is -2.38. The van der Waals surface area contributed by atoms with Crippen LogP contribution in [0, 0.1) is 6.92 Å². The van der Waals surface area contributed by atoms with Gasteiger partial charge in [-0.15, -0.1) is 0 Å². The van der Waals surface area contributed by atoms with E-state index in [0.29, 0.717) is 17.5 Å². The molecule has 1 aliphatic rings. The van der Waals surface area contributed by atoms with Crippen molar-refractivity contribution in [1.82, 2.24) is 24.6 Å². The van der Waals surface area contributed by atoms with E-state index < -0.39 is 0 Å². The van der Waals surface area contributed by atoms with Crippen molar-refractivity contribution in [3.8, 4) is 11.5 Å². The zero-order valence-electron chi connectivity index (χ0n) is 18.7. The molecule has 3 heterocycles. The molecule has 2 aromatic heterocycles. The van der Waals surface area contributed by atoms with E-state index in [0.717, 1.165) is 62.2 Å². The van der Waals surface area contributed by atoms with Gasteiger partial charge in [0.25, 0.3) is 0 Å². The van der Waals surface area contributed by atoms with Crippen LogP contribution in [-0.2, 0) is 11.3 Å². The fourth-order valence-electron chi connectivity index (χ4n) is 3.48. The van der Waals surface area contributed by atoms with Gasteiger partial charge in [0.2, 0.25) is 5.95 Å². The molecule has 0 unspecified atom stereocenters. The van der Waals surface area contributed by atoms with Crippen LogP contribution in [0.5, 0.6) is 11.5 Å². The Kier molecular flexibility index (Phi) is 7.03. The van der Waals surface area contributed by atoms with E-state index in [9.17, 15) is 0 Å². The number of rotatable bonds is 9. The third kappa shape index (κ3) is 5.65. The van der Waals surface area contributed by atoms with Gasteiger partial charge in [0.1, 0.15) is 17.3 Å². The molecule has 4 rings (SSSR count). The van der Waals surface area contributed by atoms with E-state index in [1.807, 2.05) is 42.1 Å². The molecule has 1 fully saturated rings. The highest BCUT2D eigenvalue weighted by Crippen LogP contribution is 2.31. The van der Waals surface area contributed by atoms with E-state index in [1.54, 1.807) is 20.4 Å². The Hall–Kier alpha value is -3.37. The average molecular weight is 440 g/mol. The molecule has 1 aromatic carbocycles. The first-order chi connectivity index (χ1) is 15.6. The summed E-state index contributed by atoms with van der Waals surface area (Å²) in [6.45, 7) is 7.24. The van der Waals surface area contributed by atoms with Gasteiger partial charge in [0.15, 0.2) is 0 Å². The number of hydrogen-bond acceptors (Lipinski definition) is 9. The van der Waals surface area contributed by atoms with Crippen molar-refractivity contribution in [1.29, 1.82) is 0 Å². The fraction of sp³-hybridized carbons (Fsp3) is 0.409. The van der Waals surface area contributed by atoms with Crippen LogP contribution in [0.1, 0.15) is 5.69 Å². The molecule has 10 nitrogen and oxygen atoms in total. The van der Waals surface area contributed by atoms with Gasteiger partial charge in [-0.1, -0.05) is 0 Å². The molecule has 2 N–H and O–H groups in total. The van der Waals surface area contributed by atoms with Crippen molar-refractivity contribution in [3.63, 3.8) is 0 Å². The maximum atomic E-state index is 5.46. The molecule has 0 saturated carbocycles. The summed E-state index contributed by atoms with van der Waals surface area (Å²) in [6.07, 6.45) is 3.75. The molecule has 0 spiro atoms. The summed E-state index contributed by atoms with van der Waals surface area (Å²) in [4.78, 5) is 11.5. The van der Waals surface area contributed by atoms with Gasteiger partial charge < -0.3 is 24.8 Å². The highest BCUT2D eigenvalue weighted by Gasteiger charge is 2.11. The Bertz CT molecular complexity index is 1030. The van der Waals surface area contributed by atoms with Gasteiger partial charge in [0.05, 0.1) is 51.5 Å². The number of anilines is 4. The van der Waals surface area contributed by atoms with E-state index in [1.165, 1.54) is 0 Å². The van der Waals surface area contributed by atoms with E-state index in [4.69, 9.17) is 14.2 Å². The van der Waals surface area contributed by atoms with Crippen LogP contribution in [0.2, 0.25) is 0 Å². The number of nitrogens with one attached hydrogen (secondary N) is 2. The van der Waals surface area contributed by atoms with Crippen molar-refractivity contribution in [2.24, 2.45) is 0 Å². The Morgan fingerprint density at radius 3 is 2.66 bits per heavy atom. The van der Waals surface area contributed by atoms with E-state index in [2.05, 4.69) is 30.6 Å². The molecule has 1 aliphatic heterocycles. The van der Waals surface area contributed by atoms with E-state index >= 15 is 0 Å². The summed E-state index contributed by atoms with van der Waals surface area (Å²) < 4.78 is 18.0. The third-order valence-corrected chi connectivity index (χ3v) is 5.16. The van der Waals surface area contributed by atoms with Crippen LogP contribution in [0.3, 0.4) is 0 Å². The Morgan fingerprint density at radius 2 is 1.88 bits per heavy atom. The van der Waals surface area contributed by atoms with E-state index in [-0.39, 0.29) is 0 Å². The summed E-state index contributed by atoms with van der Waals surface area (Å²) in [5.41, 5.74) is 2.45. The summed E-state index contributed by atoms with van der Waals surface area (Å²) in [7, 11) is 3.24. The number of nitrogens with zero attached hydrogens (tertiary/aromatic N) is 5. The summed E-state index contributed by atoms with van der Waals surface area (Å²) in [5, 5.41) is 11.0. The smallest absolute Gasteiger partial charge is 0.229 e.